The molecule has 0 aliphatic carbocycles. The van der Waals surface area contributed by atoms with E-state index in [1.54, 1.807) is 30.1 Å². The molecule has 0 spiro atoms. The number of carbonyl (C=O) groups excluding carboxylic acids is 1. The van der Waals surface area contributed by atoms with Crippen LogP contribution in [0.2, 0.25) is 10.0 Å². The van der Waals surface area contributed by atoms with Gasteiger partial charge in [0.25, 0.3) is 5.91 Å². The van der Waals surface area contributed by atoms with Crippen molar-refractivity contribution in [3.8, 4) is 6.07 Å². The summed E-state index contributed by atoms with van der Waals surface area (Å²) in [6, 6.07) is 28.5. The van der Waals surface area contributed by atoms with E-state index in [-0.39, 0.29) is 24.5 Å². The molecule has 45 heavy (non-hydrogen) atoms. The summed E-state index contributed by atoms with van der Waals surface area (Å²) in [5.41, 5.74) is 2.96. The molecule has 3 atom stereocenters. The molecule has 0 saturated carbocycles. The van der Waals surface area contributed by atoms with Gasteiger partial charge < -0.3 is 20.0 Å². The molecular formula is C36H38Cl2N4O3. The number of hydrogen-bond donors (Lipinski definition) is 2. The van der Waals surface area contributed by atoms with Crippen LogP contribution in [0.3, 0.4) is 0 Å². The van der Waals surface area contributed by atoms with Crippen molar-refractivity contribution in [2.75, 3.05) is 52.9 Å². The van der Waals surface area contributed by atoms with Crippen LogP contribution in [0.1, 0.15) is 45.4 Å². The van der Waals surface area contributed by atoms with Gasteiger partial charge in [-0.1, -0.05) is 83.9 Å². The molecule has 0 unspecified atom stereocenters. The summed E-state index contributed by atoms with van der Waals surface area (Å²) in [6.45, 7) is 4.12. The lowest BCUT2D eigenvalue weighted by Gasteiger charge is -2.41. The van der Waals surface area contributed by atoms with Crippen LogP contribution >= 0.6 is 23.2 Å². The highest BCUT2D eigenvalue weighted by Crippen LogP contribution is 2.31. The number of benzene rings is 4. The monoisotopic (exact) mass is 644 g/mol. The molecule has 234 valence electrons. The maximum atomic E-state index is 13.8. The molecule has 4 aromatic carbocycles. The molecule has 1 amide bonds. The average molecular weight is 646 g/mol. The largest absolute Gasteiger partial charge is 0.394 e. The van der Waals surface area contributed by atoms with E-state index in [0.29, 0.717) is 27.7 Å². The molecule has 1 heterocycles. The van der Waals surface area contributed by atoms with Gasteiger partial charge in [0.2, 0.25) is 0 Å². The zero-order valence-electron chi connectivity index (χ0n) is 25.3. The van der Waals surface area contributed by atoms with Gasteiger partial charge in [-0.05, 0) is 59.1 Å². The number of aliphatic hydroxyl groups is 2. The van der Waals surface area contributed by atoms with Crippen LogP contribution in [-0.2, 0) is 0 Å². The lowest BCUT2D eigenvalue weighted by molar-refractivity contribution is -0.00983. The first-order valence-electron chi connectivity index (χ1n) is 15.2. The number of rotatable bonds is 11. The Labute approximate surface area is 274 Å². The third-order valence-corrected chi connectivity index (χ3v) is 9.50. The maximum absolute atomic E-state index is 13.8. The van der Waals surface area contributed by atoms with Gasteiger partial charge in [-0.15, -0.1) is 0 Å². The number of piperazine rings is 1. The maximum Gasteiger partial charge on any atom is 0.254 e. The normalized spacial score (nSPS) is 16.2. The second-order valence-corrected chi connectivity index (χ2v) is 12.5. The van der Waals surface area contributed by atoms with Crippen LogP contribution < -0.4 is 0 Å². The van der Waals surface area contributed by atoms with E-state index in [9.17, 15) is 20.3 Å². The van der Waals surface area contributed by atoms with Gasteiger partial charge in [0, 0.05) is 51.3 Å². The summed E-state index contributed by atoms with van der Waals surface area (Å²) in [5, 5.41) is 32.6. The highest BCUT2D eigenvalue weighted by Gasteiger charge is 2.30. The second kappa shape index (κ2) is 15.2. The number of halogens is 2. The van der Waals surface area contributed by atoms with Crippen LogP contribution in [0.5, 0.6) is 0 Å². The number of nitrogens with zero attached hydrogens (tertiary/aromatic N) is 4. The Kier molecular flexibility index (Phi) is 11.1. The number of carbonyl (C=O) groups is 1. The number of hydrogen-bond acceptors (Lipinski definition) is 6. The molecule has 7 nitrogen and oxygen atoms in total. The number of fused-ring (bicyclic) bond motifs is 1. The highest BCUT2D eigenvalue weighted by molar-refractivity contribution is 6.42. The van der Waals surface area contributed by atoms with E-state index in [1.807, 2.05) is 66.7 Å². The minimum atomic E-state index is -0.864. The molecule has 1 aliphatic rings. The van der Waals surface area contributed by atoms with Gasteiger partial charge in [-0.3, -0.25) is 9.69 Å². The predicted molar refractivity (Wildman–Crippen MR) is 180 cm³/mol. The first-order chi connectivity index (χ1) is 21.8. The minimum absolute atomic E-state index is 0.00885. The molecule has 4 aromatic rings. The van der Waals surface area contributed by atoms with Gasteiger partial charge in [-0.25, -0.2) is 0 Å². The Morgan fingerprint density at radius 2 is 1.64 bits per heavy atom. The number of aliphatic hydroxyl groups excluding tert-OH is 2. The van der Waals surface area contributed by atoms with Crippen molar-refractivity contribution in [1.29, 1.82) is 5.26 Å². The zero-order chi connectivity index (χ0) is 31.9. The van der Waals surface area contributed by atoms with Crippen LogP contribution in [-0.4, -0.2) is 89.8 Å². The topological polar surface area (TPSA) is 91.0 Å². The van der Waals surface area contributed by atoms with Crippen molar-refractivity contribution in [1.82, 2.24) is 14.7 Å². The molecule has 9 heteroatoms. The van der Waals surface area contributed by atoms with Crippen molar-refractivity contribution in [3.05, 3.63) is 117 Å². The van der Waals surface area contributed by atoms with Gasteiger partial charge >= 0.3 is 0 Å². The first kappa shape index (κ1) is 32.9. The molecule has 0 radical (unpaired) electrons. The summed E-state index contributed by atoms with van der Waals surface area (Å²) in [7, 11) is 1.80. The fourth-order valence-electron chi connectivity index (χ4n) is 6.33. The van der Waals surface area contributed by atoms with Crippen LogP contribution in [0.4, 0.5) is 0 Å². The van der Waals surface area contributed by atoms with E-state index >= 15 is 0 Å². The van der Waals surface area contributed by atoms with Gasteiger partial charge in [0.1, 0.15) is 0 Å². The van der Waals surface area contributed by atoms with Gasteiger partial charge in [0.15, 0.2) is 0 Å². The van der Waals surface area contributed by atoms with Gasteiger partial charge in [-0.2, -0.15) is 5.26 Å². The highest BCUT2D eigenvalue weighted by atomic mass is 35.5. The molecule has 1 aliphatic heterocycles. The van der Waals surface area contributed by atoms with E-state index in [0.717, 1.165) is 61.0 Å². The fourth-order valence-corrected chi connectivity index (χ4v) is 6.64. The number of nitriles is 1. The molecular weight excluding hydrogens is 607 g/mol. The van der Waals surface area contributed by atoms with Crippen molar-refractivity contribution < 1.29 is 15.0 Å². The Morgan fingerprint density at radius 1 is 0.933 bits per heavy atom. The van der Waals surface area contributed by atoms with Gasteiger partial charge in [0.05, 0.1) is 40.4 Å². The smallest absolute Gasteiger partial charge is 0.254 e. The molecule has 1 saturated heterocycles. The summed E-state index contributed by atoms with van der Waals surface area (Å²) in [5.74, 6) is -0.151. The van der Waals surface area contributed by atoms with E-state index in [4.69, 9.17) is 23.2 Å². The Bertz CT molecular complexity index is 1650. The van der Waals surface area contributed by atoms with Crippen LogP contribution in [0.15, 0.2) is 84.9 Å². The Morgan fingerprint density at radius 3 is 2.33 bits per heavy atom. The number of likely N-dealkylation sites (N-methyl/N-ethyl adjacent to an activating group) is 1. The quantitative estimate of drug-likeness (QED) is 0.209. The average Bonchev–Trinajstić information content (AvgIpc) is 3.08. The molecule has 2 N–H and O–H groups in total. The second-order valence-electron chi connectivity index (χ2n) is 11.7. The number of amides is 1. The predicted octanol–water partition coefficient (Wildman–Crippen LogP) is 5.98. The third kappa shape index (κ3) is 7.85. The van der Waals surface area contributed by atoms with Crippen LogP contribution in [0.25, 0.3) is 10.8 Å². The van der Waals surface area contributed by atoms with Crippen molar-refractivity contribution in [2.24, 2.45) is 0 Å². The SMILES string of the molecule is CN(C[C@@H](CCN1CCN([C@@H](c2ccccc2)[C@H](O)CO)CC1)c1ccc(Cl)c(Cl)c1)C(=O)c1cc(C#N)cc2ccccc12. The van der Waals surface area contributed by atoms with E-state index in [2.05, 4.69) is 15.9 Å². The summed E-state index contributed by atoms with van der Waals surface area (Å²) in [4.78, 5) is 20.2. The van der Waals surface area contributed by atoms with Crippen molar-refractivity contribution in [3.63, 3.8) is 0 Å². The molecule has 0 bridgehead atoms. The van der Waals surface area contributed by atoms with Crippen LogP contribution in [0, 0.1) is 11.3 Å². The Hall–Kier alpha value is -3.48. The molecule has 1 fully saturated rings. The summed E-state index contributed by atoms with van der Waals surface area (Å²) >= 11 is 12.7. The van der Waals surface area contributed by atoms with E-state index in [1.165, 1.54) is 0 Å². The molecule has 0 aromatic heterocycles. The lowest BCUT2D eigenvalue weighted by Crippen LogP contribution is -2.50. The lowest BCUT2D eigenvalue weighted by atomic mass is 9.94. The van der Waals surface area contributed by atoms with E-state index < -0.39 is 6.10 Å². The van der Waals surface area contributed by atoms with Crippen molar-refractivity contribution in [2.45, 2.75) is 24.5 Å². The standard InChI is InChI=1S/C36H38Cl2N4O3/c1-40(36(45)31-20-25(22-39)19-28-9-5-6-10-30(28)31)23-29(27-11-12-32(37)33(38)21-27)13-14-41-15-17-42(18-16-41)35(34(44)24-43)26-7-3-2-4-8-26/h2-12,19-21,29,34-35,43-44H,13-18,23-24H2,1H3/t29-,34-,35+/m1/s1. The Balaban J connectivity index is 1.30. The summed E-state index contributed by atoms with van der Waals surface area (Å²) < 4.78 is 0. The van der Waals surface area contributed by atoms with Crippen molar-refractivity contribution >= 4 is 39.9 Å². The third-order valence-electron chi connectivity index (χ3n) is 8.76. The fraction of sp³-hybridized carbons (Fsp3) is 0.333. The molecule has 5 rings (SSSR count). The zero-order valence-corrected chi connectivity index (χ0v) is 26.8. The minimum Gasteiger partial charge on any atom is -0.394 e. The first-order valence-corrected chi connectivity index (χ1v) is 16.0. The summed E-state index contributed by atoms with van der Waals surface area (Å²) in [6.07, 6.45) is -0.0762.